The molecular formula is C12H17N3O2. The lowest BCUT2D eigenvalue weighted by Crippen LogP contribution is -2.31. The third-order valence-electron chi connectivity index (χ3n) is 2.44. The first-order chi connectivity index (χ1) is 8.08. The number of ether oxygens (including phenoxy) is 1. The molecule has 0 aliphatic rings. The summed E-state index contributed by atoms with van der Waals surface area (Å²) in [5, 5.41) is 18.4. The molecule has 0 heterocycles. The molecule has 0 spiro atoms. The predicted molar refractivity (Wildman–Crippen MR) is 66.7 cm³/mol. The molecule has 0 bridgehead atoms. The molecule has 0 saturated carbocycles. The van der Waals surface area contributed by atoms with Gasteiger partial charge in [0.1, 0.15) is 6.07 Å². The summed E-state index contributed by atoms with van der Waals surface area (Å²) in [6, 6.07) is 7.20. The average Bonchev–Trinajstić information content (AvgIpc) is 2.29. The van der Waals surface area contributed by atoms with Gasteiger partial charge >= 0.3 is 0 Å². The number of nitriles is 1. The highest BCUT2D eigenvalue weighted by Gasteiger charge is 2.09. The molecule has 0 amide bonds. The molecule has 3 N–H and O–H groups in total. The van der Waals surface area contributed by atoms with Crippen molar-refractivity contribution in [1.82, 2.24) is 0 Å². The summed E-state index contributed by atoms with van der Waals surface area (Å²) in [5.41, 5.74) is 7.48. The Labute approximate surface area is 101 Å². The highest BCUT2D eigenvalue weighted by atomic mass is 16.5. The number of nitrogens with two attached hydrogens (primary N) is 1. The number of hydrogen-bond acceptors (Lipinski definition) is 5. The maximum absolute atomic E-state index is 9.60. The lowest BCUT2D eigenvalue weighted by molar-refractivity contribution is 0.0695. The lowest BCUT2D eigenvalue weighted by Gasteiger charge is -2.22. The van der Waals surface area contributed by atoms with Gasteiger partial charge in [-0.3, -0.25) is 0 Å². The van der Waals surface area contributed by atoms with Gasteiger partial charge in [0.05, 0.1) is 24.0 Å². The van der Waals surface area contributed by atoms with Crippen molar-refractivity contribution < 1.29 is 9.84 Å². The van der Waals surface area contributed by atoms with Crippen molar-refractivity contribution in [1.29, 1.82) is 5.26 Å². The van der Waals surface area contributed by atoms with E-state index in [1.807, 2.05) is 18.0 Å². The van der Waals surface area contributed by atoms with Crippen LogP contribution in [-0.2, 0) is 4.74 Å². The molecule has 5 nitrogen and oxygen atoms in total. The number of nitrogens with zero attached hydrogens (tertiary/aromatic N) is 2. The molecule has 0 aliphatic heterocycles. The number of methoxy groups -OCH3 is 1. The van der Waals surface area contributed by atoms with Crippen LogP contribution in [0.1, 0.15) is 5.56 Å². The maximum atomic E-state index is 9.60. The number of aliphatic hydroxyl groups excluding tert-OH is 1. The molecular weight excluding hydrogens is 218 g/mol. The molecule has 0 aromatic heterocycles. The van der Waals surface area contributed by atoms with Crippen molar-refractivity contribution in [2.75, 3.05) is 37.9 Å². The Balaban J connectivity index is 2.73. The van der Waals surface area contributed by atoms with Crippen molar-refractivity contribution >= 4 is 11.4 Å². The van der Waals surface area contributed by atoms with Crippen LogP contribution < -0.4 is 10.6 Å². The maximum Gasteiger partial charge on any atom is 0.101 e. The van der Waals surface area contributed by atoms with Gasteiger partial charge in [0.25, 0.3) is 0 Å². The van der Waals surface area contributed by atoms with Crippen LogP contribution in [0.25, 0.3) is 0 Å². The summed E-state index contributed by atoms with van der Waals surface area (Å²) in [5.74, 6) is 0. The molecule has 1 unspecified atom stereocenters. The van der Waals surface area contributed by atoms with E-state index in [1.54, 1.807) is 25.3 Å². The van der Waals surface area contributed by atoms with E-state index in [0.29, 0.717) is 17.8 Å². The van der Waals surface area contributed by atoms with Gasteiger partial charge < -0.3 is 20.5 Å². The minimum atomic E-state index is -0.554. The first kappa shape index (κ1) is 13.3. The predicted octanol–water partition coefficient (Wildman–Crippen LogP) is 0.584. The van der Waals surface area contributed by atoms with Gasteiger partial charge in [-0.2, -0.15) is 5.26 Å². The highest BCUT2D eigenvalue weighted by Crippen LogP contribution is 2.20. The fourth-order valence-corrected chi connectivity index (χ4v) is 1.56. The van der Waals surface area contributed by atoms with Gasteiger partial charge in [0.2, 0.25) is 0 Å². The molecule has 0 fully saturated rings. The number of rotatable bonds is 5. The molecule has 17 heavy (non-hydrogen) atoms. The zero-order valence-corrected chi connectivity index (χ0v) is 10.1. The largest absolute Gasteiger partial charge is 0.398 e. The zero-order chi connectivity index (χ0) is 12.8. The van der Waals surface area contributed by atoms with E-state index in [1.165, 1.54) is 0 Å². The number of anilines is 2. The topological polar surface area (TPSA) is 82.5 Å². The lowest BCUT2D eigenvalue weighted by atomic mass is 10.1. The fraction of sp³-hybridized carbons (Fsp3) is 0.417. The summed E-state index contributed by atoms with van der Waals surface area (Å²) < 4.78 is 4.86. The molecule has 5 heteroatoms. The second-order valence-corrected chi connectivity index (χ2v) is 3.87. The first-order valence-electron chi connectivity index (χ1n) is 5.26. The minimum absolute atomic E-state index is 0.288. The van der Waals surface area contributed by atoms with Gasteiger partial charge in [0.15, 0.2) is 0 Å². The van der Waals surface area contributed by atoms with E-state index in [2.05, 4.69) is 0 Å². The monoisotopic (exact) mass is 235 g/mol. The Morgan fingerprint density at radius 1 is 1.59 bits per heavy atom. The third kappa shape index (κ3) is 3.63. The Hall–Kier alpha value is -1.77. The molecule has 1 aromatic carbocycles. The fourth-order valence-electron chi connectivity index (χ4n) is 1.56. The highest BCUT2D eigenvalue weighted by molar-refractivity contribution is 5.63. The van der Waals surface area contributed by atoms with E-state index < -0.39 is 6.10 Å². The van der Waals surface area contributed by atoms with Gasteiger partial charge in [-0.25, -0.2) is 0 Å². The Morgan fingerprint density at radius 2 is 2.29 bits per heavy atom. The van der Waals surface area contributed by atoms with Crippen molar-refractivity contribution in [2.45, 2.75) is 6.10 Å². The number of nitrogen functional groups attached to an aromatic ring is 1. The van der Waals surface area contributed by atoms with Crippen LogP contribution in [-0.4, -0.2) is 38.5 Å². The summed E-state index contributed by atoms with van der Waals surface area (Å²) in [7, 11) is 3.39. The smallest absolute Gasteiger partial charge is 0.101 e. The van der Waals surface area contributed by atoms with Crippen LogP contribution >= 0.6 is 0 Å². The van der Waals surface area contributed by atoms with E-state index in [-0.39, 0.29) is 6.61 Å². The summed E-state index contributed by atoms with van der Waals surface area (Å²) in [6.45, 7) is 0.731. The van der Waals surface area contributed by atoms with Crippen molar-refractivity contribution in [3.8, 4) is 6.07 Å². The zero-order valence-electron chi connectivity index (χ0n) is 10.1. The second-order valence-electron chi connectivity index (χ2n) is 3.87. The van der Waals surface area contributed by atoms with Gasteiger partial charge in [-0.1, -0.05) is 0 Å². The van der Waals surface area contributed by atoms with Crippen LogP contribution in [0.4, 0.5) is 11.4 Å². The van der Waals surface area contributed by atoms with Crippen LogP contribution in [0.2, 0.25) is 0 Å². The Bertz CT molecular complexity index is 415. The molecule has 1 rings (SSSR count). The van der Waals surface area contributed by atoms with Crippen molar-refractivity contribution in [2.24, 2.45) is 0 Å². The van der Waals surface area contributed by atoms with E-state index in [9.17, 15) is 5.11 Å². The van der Waals surface area contributed by atoms with Crippen molar-refractivity contribution in [3.05, 3.63) is 23.8 Å². The SMILES string of the molecule is COCC(O)CN(C)c1ccc(C#N)c(N)c1. The molecule has 92 valence electrons. The number of benzene rings is 1. The quantitative estimate of drug-likeness (QED) is 0.730. The number of aliphatic hydroxyl groups is 1. The van der Waals surface area contributed by atoms with E-state index >= 15 is 0 Å². The van der Waals surface area contributed by atoms with Gasteiger partial charge in [0, 0.05) is 26.4 Å². The number of likely N-dealkylation sites (N-methyl/N-ethyl adjacent to an activating group) is 1. The molecule has 1 aromatic rings. The molecule has 0 saturated heterocycles. The van der Waals surface area contributed by atoms with Crippen LogP contribution in [0.3, 0.4) is 0 Å². The summed E-state index contributed by atoms with van der Waals surface area (Å²) >= 11 is 0. The normalized spacial score (nSPS) is 11.9. The third-order valence-corrected chi connectivity index (χ3v) is 2.44. The van der Waals surface area contributed by atoms with E-state index in [0.717, 1.165) is 5.69 Å². The van der Waals surface area contributed by atoms with Crippen LogP contribution in [0, 0.1) is 11.3 Å². The van der Waals surface area contributed by atoms with Gasteiger partial charge in [-0.15, -0.1) is 0 Å². The standard InChI is InChI=1S/C12H17N3O2/c1-15(7-11(16)8-17-2)10-4-3-9(6-13)12(14)5-10/h3-5,11,16H,7-8,14H2,1-2H3. The second kappa shape index (κ2) is 6.09. The Kier molecular flexibility index (Phi) is 4.76. The van der Waals surface area contributed by atoms with E-state index in [4.69, 9.17) is 15.7 Å². The number of hydrogen-bond donors (Lipinski definition) is 2. The summed E-state index contributed by atoms with van der Waals surface area (Å²) in [4.78, 5) is 1.86. The Morgan fingerprint density at radius 3 is 2.82 bits per heavy atom. The van der Waals surface area contributed by atoms with Crippen LogP contribution in [0.15, 0.2) is 18.2 Å². The average molecular weight is 235 g/mol. The summed E-state index contributed by atoms with van der Waals surface area (Å²) in [6.07, 6.45) is -0.554. The molecule has 1 atom stereocenters. The van der Waals surface area contributed by atoms with Gasteiger partial charge in [-0.05, 0) is 18.2 Å². The van der Waals surface area contributed by atoms with Crippen LogP contribution in [0.5, 0.6) is 0 Å². The van der Waals surface area contributed by atoms with Crippen molar-refractivity contribution in [3.63, 3.8) is 0 Å². The molecule has 0 aliphatic carbocycles. The molecule has 0 radical (unpaired) electrons. The minimum Gasteiger partial charge on any atom is -0.398 e. The first-order valence-corrected chi connectivity index (χ1v) is 5.26.